The number of nitrogens with one attached hydrogen (secondary N) is 1. The first-order valence-corrected chi connectivity index (χ1v) is 6.48. The van der Waals surface area contributed by atoms with E-state index in [9.17, 15) is 4.79 Å². The van der Waals surface area contributed by atoms with Gasteiger partial charge in [-0.3, -0.25) is 4.79 Å². The largest absolute Gasteiger partial charge is 0.484 e. The van der Waals surface area contributed by atoms with Gasteiger partial charge in [0.05, 0.1) is 6.04 Å². The maximum atomic E-state index is 11.8. The van der Waals surface area contributed by atoms with E-state index in [1.54, 1.807) is 24.3 Å². The van der Waals surface area contributed by atoms with Crippen molar-refractivity contribution in [2.24, 2.45) is 0 Å². The predicted octanol–water partition coefficient (Wildman–Crippen LogP) is 2.53. The smallest absolute Gasteiger partial charge is 0.258 e. The molecule has 0 bridgehead atoms. The molecule has 104 valence electrons. The number of carbonyl (C=O) groups excluding carboxylic acids is 1. The Labute approximate surface area is 118 Å². The Morgan fingerprint density at radius 3 is 2.65 bits per heavy atom. The molecule has 1 unspecified atom stereocenters. The molecule has 0 saturated heterocycles. The molecule has 4 nitrogen and oxygen atoms in total. The van der Waals surface area contributed by atoms with Crippen LogP contribution in [0.1, 0.15) is 18.5 Å². The second-order valence-corrected chi connectivity index (χ2v) is 4.56. The van der Waals surface area contributed by atoms with Crippen LogP contribution in [0.15, 0.2) is 54.6 Å². The monoisotopic (exact) mass is 270 g/mol. The van der Waals surface area contributed by atoms with Crippen molar-refractivity contribution in [3.63, 3.8) is 0 Å². The van der Waals surface area contributed by atoms with Gasteiger partial charge in [0.2, 0.25) is 0 Å². The van der Waals surface area contributed by atoms with Crippen LogP contribution in [0.2, 0.25) is 0 Å². The Kier molecular flexibility index (Phi) is 4.60. The van der Waals surface area contributed by atoms with Crippen LogP contribution in [-0.2, 0) is 4.79 Å². The molecular weight excluding hydrogens is 252 g/mol. The van der Waals surface area contributed by atoms with Gasteiger partial charge in [-0.1, -0.05) is 36.4 Å². The van der Waals surface area contributed by atoms with Gasteiger partial charge in [-0.2, -0.15) is 0 Å². The molecule has 0 aliphatic carbocycles. The fraction of sp³-hybridized carbons (Fsp3) is 0.188. The van der Waals surface area contributed by atoms with Gasteiger partial charge in [0.25, 0.3) is 5.91 Å². The zero-order chi connectivity index (χ0) is 14.4. The van der Waals surface area contributed by atoms with E-state index < -0.39 is 0 Å². The minimum Gasteiger partial charge on any atom is -0.484 e. The number of anilines is 1. The lowest BCUT2D eigenvalue weighted by Gasteiger charge is -2.14. The fourth-order valence-electron chi connectivity index (χ4n) is 1.86. The summed E-state index contributed by atoms with van der Waals surface area (Å²) in [6.07, 6.45) is 0. The van der Waals surface area contributed by atoms with E-state index in [2.05, 4.69) is 5.32 Å². The lowest BCUT2D eigenvalue weighted by Crippen LogP contribution is -2.31. The number of carbonyl (C=O) groups is 1. The van der Waals surface area contributed by atoms with Crippen LogP contribution in [0.4, 0.5) is 5.69 Å². The van der Waals surface area contributed by atoms with Crippen LogP contribution in [0, 0.1) is 0 Å². The topological polar surface area (TPSA) is 64.3 Å². The Morgan fingerprint density at radius 1 is 1.20 bits per heavy atom. The van der Waals surface area contributed by atoms with Crippen molar-refractivity contribution in [2.75, 3.05) is 12.3 Å². The molecule has 2 aromatic rings. The zero-order valence-electron chi connectivity index (χ0n) is 11.4. The lowest BCUT2D eigenvalue weighted by atomic mass is 10.1. The fourth-order valence-corrected chi connectivity index (χ4v) is 1.86. The van der Waals surface area contributed by atoms with Crippen LogP contribution < -0.4 is 15.8 Å². The maximum Gasteiger partial charge on any atom is 0.258 e. The minimum atomic E-state index is -0.163. The maximum absolute atomic E-state index is 11.8. The summed E-state index contributed by atoms with van der Waals surface area (Å²) in [4.78, 5) is 11.8. The average molecular weight is 270 g/mol. The normalized spacial score (nSPS) is 11.7. The van der Waals surface area contributed by atoms with E-state index in [0.717, 1.165) is 5.56 Å². The Morgan fingerprint density at radius 2 is 1.95 bits per heavy atom. The highest BCUT2D eigenvalue weighted by Gasteiger charge is 2.09. The minimum absolute atomic E-state index is 0.0272. The molecule has 0 aliphatic heterocycles. The molecule has 4 heteroatoms. The van der Waals surface area contributed by atoms with Crippen LogP contribution in [0.3, 0.4) is 0 Å². The Balaban J connectivity index is 1.84. The van der Waals surface area contributed by atoms with Gasteiger partial charge in [0.1, 0.15) is 5.75 Å². The van der Waals surface area contributed by atoms with Gasteiger partial charge in [0, 0.05) is 11.8 Å². The van der Waals surface area contributed by atoms with Crippen LogP contribution in [0.25, 0.3) is 0 Å². The molecule has 0 fully saturated rings. The quantitative estimate of drug-likeness (QED) is 0.821. The van der Waals surface area contributed by atoms with Gasteiger partial charge in [-0.05, 0) is 24.6 Å². The molecule has 20 heavy (non-hydrogen) atoms. The predicted molar refractivity (Wildman–Crippen MR) is 79.3 cm³/mol. The first kappa shape index (κ1) is 13.9. The van der Waals surface area contributed by atoms with Gasteiger partial charge < -0.3 is 15.8 Å². The summed E-state index contributed by atoms with van der Waals surface area (Å²) in [5.41, 5.74) is 7.31. The molecule has 2 aromatic carbocycles. The molecular formula is C16H18N2O2. The van der Waals surface area contributed by atoms with E-state index in [1.807, 2.05) is 37.3 Å². The molecule has 3 N–H and O–H groups in total. The highest BCUT2D eigenvalue weighted by atomic mass is 16.5. The molecule has 1 amide bonds. The summed E-state index contributed by atoms with van der Waals surface area (Å²) < 4.78 is 5.39. The second kappa shape index (κ2) is 6.61. The van der Waals surface area contributed by atoms with Gasteiger partial charge in [0.15, 0.2) is 6.61 Å². The number of ether oxygens (including phenoxy) is 1. The SMILES string of the molecule is CC(NC(=O)COc1cccc(N)c1)c1ccccc1. The first-order valence-electron chi connectivity index (χ1n) is 6.48. The second-order valence-electron chi connectivity index (χ2n) is 4.56. The van der Waals surface area contributed by atoms with Crippen molar-refractivity contribution < 1.29 is 9.53 Å². The molecule has 0 heterocycles. The zero-order valence-corrected chi connectivity index (χ0v) is 11.4. The van der Waals surface area contributed by atoms with Crippen LogP contribution in [0.5, 0.6) is 5.75 Å². The summed E-state index contributed by atoms with van der Waals surface area (Å²) in [5.74, 6) is 0.427. The summed E-state index contributed by atoms with van der Waals surface area (Å²) in [6, 6.07) is 16.8. The molecule has 0 aromatic heterocycles. The third-order valence-corrected chi connectivity index (χ3v) is 2.91. The van der Waals surface area contributed by atoms with E-state index >= 15 is 0 Å². The molecule has 0 saturated carbocycles. The summed E-state index contributed by atoms with van der Waals surface area (Å²) in [6.45, 7) is 1.91. The van der Waals surface area contributed by atoms with Crippen molar-refractivity contribution in [1.82, 2.24) is 5.32 Å². The number of hydrogen-bond acceptors (Lipinski definition) is 3. The molecule has 1 atom stereocenters. The van der Waals surface area contributed by atoms with Crippen molar-refractivity contribution in [3.05, 3.63) is 60.2 Å². The first-order chi connectivity index (χ1) is 9.65. The van der Waals surface area contributed by atoms with E-state index in [0.29, 0.717) is 11.4 Å². The van der Waals surface area contributed by atoms with Crippen LogP contribution in [-0.4, -0.2) is 12.5 Å². The summed E-state index contributed by atoms with van der Waals surface area (Å²) in [7, 11) is 0. The number of amides is 1. The van der Waals surface area contributed by atoms with Gasteiger partial charge >= 0.3 is 0 Å². The molecule has 0 aliphatic rings. The molecule has 0 radical (unpaired) electrons. The third-order valence-electron chi connectivity index (χ3n) is 2.91. The standard InChI is InChI=1S/C16H18N2O2/c1-12(13-6-3-2-4-7-13)18-16(19)11-20-15-9-5-8-14(17)10-15/h2-10,12H,11,17H2,1H3,(H,18,19). The number of nitrogens with two attached hydrogens (primary N) is 1. The summed E-state index contributed by atoms with van der Waals surface area (Å²) >= 11 is 0. The molecule has 2 rings (SSSR count). The van der Waals surface area contributed by atoms with Gasteiger partial charge in [-0.25, -0.2) is 0 Å². The highest BCUT2D eigenvalue weighted by molar-refractivity contribution is 5.78. The Hall–Kier alpha value is -2.49. The van der Waals surface area contributed by atoms with Crippen LogP contribution >= 0.6 is 0 Å². The molecule has 0 spiro atoms. The summed E-state index contributed by atoms with van der Waals surface area (Å²) in [5, 5.41) is 2.89. The van der Waals surface area contributed by atoms with Crippen molar-refractivity contribution >= 4 is 11.6 Å². The highest BCUT2D eigenvalue weighted by Crippen LogP contribution is 2.14. The van der Waals surface area contributed by atoms with Crippen molar-refractivity contribution in [1.29, 1.82) is 0 Å². The van der Waals surface area contributed by atoms with Gasteiger partial charge in [-0.15, -0.1) is 0 Å². The van der Waals surface area contributed by atoms with E-state index in [-0.39, 0.29) is 18.6 Å². The van der Waals surface area contributed by atoms with E-state index in [1.165, 1.54) is 0 Å². The Bertz CT molecular complexity index is 570. The van der Waals surface area contributed by atoms with Crippen molar-refractivity contribution in [3.8, 4) is 5.75 Å². The number of rotatable bonds is 5. The van der Waals surface area contributed by atoms with Crippen molar-refractivity contribution in [2.45, 2.75) is 13.0 Å². The average Bonchev–Trinajstić information content (AvgIpc) is 2.46. The van der Waals surface area contributed by atoms with E-state index in [4.69, 9.17) is 10.5 Å². The number of hydrogen-bond donors (Lipinski definition) is 2. The lowest BCUT2D eigenvalue weighted by molar-refractivity contribution is -0.123. The third kappa shape index (κ3) is 4.02. The number of nitrogen functional groups attached to an aromatic ring is 1. The number of benzene rings is 2.